The highest BCUT2D eigenvalue weighted by molar-refractivity contribution is 6.04. The highest BCUT2D eigenvalue weighted by Gasteiger charge is 2.23. The van der Waals surface area contributed by atoms with Crippen molar-refractivity contribution in [3.63, 3.8) is 0 Å². The zero-order valence-corrected chi connectivity index (χ0v) is 25.5. The summed E-state index contributed by atoms with van der Waals surface area (Å²) in [5, 5.41) is 6.97. The van der Waals surface area contributed by atoms with Gasteiger partial charge in [-0.1, -0.05) is 24.8 Å². The minimum atomic E-state index is -0.529. The van der Waals surface area contributed by atoms with Crippen molar-refractivity contribution in [1.29, 1.82) is 0 Å². The number of methoxy groups -OCH3 is 1. The van der Waals surface area contributed by atoms with Gasteiger partial charge in [-0.2, -0.15) is 0 Å². The van der Waals surface area contributed by atoms with E-state index in [4.69, 9.17) is 15.8 Å². The van der Waals surface area contributed by atoms with Crippen LogP contribution in [-0.2, 0) is 16.6 Å². The highest BCUT2D eigenvalue weighted by atomic mass is 16.5. The molecule has 2 aromatic heterocycles. The quantitative estimate of drug-likeness (QED) is 0.173. The highest BCUT2D eigenvalue weighted by Crippen LogP contribution is 2.39. The first-order chi connectivity index (χ1) is 21.1. The van der Waals surface area contributed by atoms with Gasteiger partial charge in [0.25, 0.3) is 0 Å². The largest absolute Gasteiger partial charge is 0.494 e. The molecular formula is C32H39N7O4. The molecular weight excluding hydrogens is 546 g/mol. The third-order valence-electron chi connectivity index (χ3n) is 6.67. The number of esters is 1. The molecule has 2 aromatic carbocycles. The molecule has 4 aromatic rings. The second kappa shape index (κ2) is 13.4. The van der Waals surface area contributed by atoms with Crippen LogP contribution in [0.4, 0.5) is 23.0 Å². The average Bonchev–Trinajstić information content (AvgIpc) is 3.33. The van der Waals surface area contributed by atoms with Gasteiger partial charge in [0.15, 0.2) is 0 Å². The fraction of sp³-hybridized carbons (Fsp3) is 0.312. The Morgan fingerprint density at radius 3 is 2.63 bits per heavy atom. The molecule has 0 bridgehead atoms. The van der Waals surface area contributed by atoms with Crippen LogP contribution >= 0.6 is 0 Å². The van der Waals surface area contributed by atoms with E-state index in [1.807, 2.05) is 66.0 Å². The zero-order valence-electron chi connectivity index (χ0n) is 26.5. The monoisotopic (exact) mass is 586 g/mol. The SMILES string of the molecule is [2H]CN(CCN(C)C)c1cc(OC)c(Nc2ncc(C(=O)OC(C)C)c(-c3cn(C)c4ccccc34)n2)cc1NC(=O)C=C. The summed E-state index contributed by atoms with van der Waals surface area (Å²) in [6, 6.07) is 11.3. The number of amides is 1. The zero-order chi connectivity index (χ0) is 32.0. The van der Waals surface area contributed by atoms with E-state index >= 15 is 0 Å². The van der Waals surface area contributed by atoms with Crippen LogP contribution in [0.1, 0.15) is 25.6 Å². The van der Waals surface area contributed by atoms with Gasteiger partial charge in [0, 0.05) is 63.5 Å². The molecule has 0 saturated heterocycles. The second-order valence-electron chi connectivity index (χ2n) is 10.5. The van der Waals surface area contributed by atoms with Crippen LogP contribution in [0.3, 0.4) is 0 Å². The smallest absolute Gasteiger partial charge is 0.342 e. The van der Waals surface area contributed by atoms with Crippen molar-refractivity contribution in [1.82, 2.24) is 19.4 Å². The van der Waals surface area contributed by atoms with Crippen LogP contribution in [-0.4, -0.2) is 78.7 Å². The fourth-order valence-corrected chi connectivity index (χ4v) is 4.55. The molecule has 11 nitrogen and oxygen atoms in total. The number of fused-ring (bicyclic) bond motifs is 1. The van der Waals surface area contributed by atoms with Crippen molar-refractivity contribution < 1.29 is 20.4 Å². The van der Waals surface area contributed by atoms with Crippen LogP contribution in [0.5, 0.6) is 5.75 Å². The molecule has 2 heterocycles. The van der Waals surface area contributed by atoms with Gasteiger partial charge in [-0.15, -0.1) is 0 Å². The topological polar surface area (TPSA) is 114 Å². The van der Waals surface area contributed by atoms with E-state index in [2.05, 4.69) is 22.2 Å². The van der Waals surface area contributed by atoms with Gasteiger partial charge in [0.2, 0.25) is 11.9 Å². The molecule has 0 saturated carbocycles. The standard InChI is InChI=1S/C32H39N7O4/c1-9-29(40)34-24-16-25(28(42-8)17-27(24)38(6)15-14-37(4)5)35-32-33-18-22(31(41)43-20(2)3)30(36-32)23-19-39(7)26-13-11-10-12-21(23)26/h9-13,16-20H,1,14-15H2,2-8H3,(H,34,40)(H,33,35,36)/i6D. The van der Waals surface area contributed by atoms with E-state index in [-0.39, 0.29) is 24.6 Å². The molecule has 1 amide bonds. The summed E-state index contributed by atoms with van der Waals surface area (Å²) in [5.41, 5.74) is 3.90. The molecule has 0 aliphatic rings. The lowest BCUT2D eigenvalue weighted by Crippen LogP contribution is -2.29. The van der Waals surface area contributed by atoms with Crippen molar-refractivity contribution in [2.24, 2.45) is 7.05 Å². The van der Waals surface area contributed by atoms with Crippen molar-refractivity contribution in [3.05, 3.63) is 67.0 Å². The van der Waals surface area contributed by atoms with E-state index in [0.717, 1.165) is 16.5 Å². The average molecular weight is 587 g/mol. The number of benzene rings is 2. The summed E-state index contributed by atoms with van der Waals surface area (Å²) >= 11 is 0. The Morgan fingerprint density at radius 2 is 1.95 bits per heavy atom. The molecule has 4 rings (SSSR count). The summed E-state index contributed by atoms with van der Waals surface area (Å²) in [4.78, 5) is 38.6. The molecule has 0 fully saturated rings. The maximum atomic E-state index is 13.1. The summed E-state index contributed by atoms with van der Waals surface area (Å²) in [6.45, 7) is 8.39. The number of para-hydroxylation sites is 1. The number of ether oxygens (including phenoxy) is 2. The fourth-order valence-electron chi connectivity index (χ4n) is 4.55. The first kappa shape index (κ1) is 29.6. The summed E-state index contributed by atoms with van der Waals surface area (Å²) in [7, 11) is 7.34. The molecule has 11 heteroatoms. The number of hydrogen-bond donors (Lipinski definition) is 2. The van der Waals surface area contributed by atoms with Crippen LogP contribution in [0.2, 0.25) is 0 Å². The van der Waals surface area contributed by atoms with E-state index in [9.17, 15) is 9.59 Å². The van der Waals surface area contributed by atoms with Gasteiger partial charge in [-0.25, -0.2) is 14.8 Å². The summed E-state index contributed by atoms with van der Waals surface area (Å²) < 4.78 is 21.4. The normalized spacial score (nSPS) is 11.4. The Hall–Kier alpha value is -4.90. The number of aryl methyl sites for hydroxylation is 1. The Bertz CT molecular complexity index is 1670. The first-order valence-corrected chi connectivity index (χ1v) is 13.8. The van der Waals surface area contributed by atoms with Gasteiger partial charge in [-0.05, 0) is 46.2 Å². The lowest BCUT2D eigenvalue weighted by molar-refractivity contribution is -0.111. The molecule has 0 spiro atoms. The first-order valence-electron chi connectivity index (χ1n) is 14.5. The molecule has 0 aliphatic carbocycles. The molecule has 43 heavy (non-hydrogen) atoms. The predicted octanol–water partition coefficient (Wildman–Crippen LogP) is 5.08. The maximum Gasteiger partial charge on any atom is 0.342 e. The van der Waals surface area contributed by atoms with Gasteiger partial charge in [0.05, 0.1) is 36.0 Å². The van der Waals surface area contributed by atoms with Crippen LogP contribution in [0, 0.1) is 0 Å². The van der Waals surface area contributed by atoms with E-state index in [0.29, 0.717) is 41.6 Å². The number of anilines is 4. The number of carbonyl (C=O) groups excluding carboxylic acids is 2. The van der Waals surface area contributed by atoms with E-state index in [1.54, 1.807) is 26.0 Å². The molecule has 0 aliphatic heterocycles. The maximum absolute atomic E-state index is 13.1. The molecule has 0 unspecified atom stereocenters. The van der Waals surface area contributed by atoms with Crippen LogP contribution in [0.25, 0.3) is 22.2 Å². The number of rotatable bonds is 12. The summed E-state index contributed by atoms with van der Waals surface area (Å²) in [6.07, 6.45) is 4.22. The van der Waals surface area contributed by atoms with Crippen molar-refractivity contribution in [2.75, 3.05) is 56.9 Å². The van der Waals surface area contributed by atoms with Crippen molar-refractivity contribution in [2.45, 2.75) is 20.0 Å². The lowest BCUT2D eigenvalue weighted by atomic mass is 10.1. The van der Waals surface area contributed by atoms with Gasteiger partial charge in [0.1, 0.15) is 11.3 Å². The van der Waals surface area contributed by atoms with Gasteiger partial charge in [-0.3, -0.25) is 4.79 Å². The van der Waals surface area contributed by atoms with E-state index in [1.165, 1.54) is 19.4 Å². The Labute approximate surface area is 253 Å². The van der Waals surface area contributed by atoms with Crippen LogP contribution in [0.15, 0.2) is 61.4 Å². The lowest BCUT2D eigenvalue weighted by Gasteiger charge is -2.26. The number of nitrogens with zero attached hydrogens (tertiary/aromatic N) is 5. The molecule has 0 radical (unpaired) electrons. The van der Waals surface area contributed by atoms with Gasteiger partial charge < -0.3 is 34.5 Å². The summed E-state index contributed by atoms with van der Waals surface area (Å²) in [5.74, 6) is -0.286. The van der Waals surface area contributed by atoms with E-state index < -0.39 is 11.9 Å². The minimum Gasteiger partial charge on any atom is -0.494 e. The number of nitrogens with one attached hydrogen (secondary N) is 2. The minimum absolute atomic E-state index is 0.0355. The van der Waals surface area contributed by atoms with Crippen molar-refractivity contribution in [3.8, 4) is 17.0 Å². The number of carbonyl (C=O) groups is 2. The number of likely N-dealkylation sites (N-methyl/N-ethyl adjacent to an activating group) is 2. The number of hydrogen-bond acceptors (Lipinski definition) is 9. The Kier molecular flexibility index (Phi) is 9.21. The molecule has 226 valence electrons. The molecule has 2 N–H and O–H groups in total. The van der Waals surface area contributed by atoms with Crippen LogP contribution < -0.4 is 20.3 Å². The Balaban J connectivity index is 1.83. The Morgan fingerprint density at radius 1 is 1.19 bits per heavy atom. The predicted molar refractivity (Wildman–Crippen MR) is 171 cm³/mol. The number of aromatic nitrogens is 3. The third kappa shape index (κ3) is 7.12. The third-order valence-corrected chi connectivity index (χ3v) is 6.67. The van der Waals surface area contributed by atoms with Gasteiger partial charge >= 0.3 is 5.97 Å². The van der Waals surface area contributed by atoms with Crippen molar-refractivity contribution >= 4 is 45.8 Å². The molecule has 0 atom stereocenters. The second-order valence-corrected chi connectivity index (χ2v) is 10.5.